The molecule has 0 radical (unpaired) electrons. The Morgan fingerprint density at radius 3 is 2.69 bits per heavy atom. The number of hydrogen-bond acceptors (Lipinski definition) is 5. The topological polar surface area (TPSA) is 92.8 Å². The van der Waals surface area contributed by atoms with E-state index in [9.17, 15) is 18.0 Å². The Kier molecular flexibility index (Phi) is 4.48. The summed E-state index contributed by atoms with van der Waals surface area (Å²) in [5.74, 6) is -0.499. The number of nitrogens with one attached hydrogen (secondary N) is 1. The van der Waals surface area contributed by atoms with Crippen LogP contribution in [0.1, 0.15) is 42.5 Å². The van der Waals surface area contributed by atoms with E-state index in [4.69, 9.17) is 4.74 Å². The van der Waals surface area contributed by atoms with E-state index in [-0.39, 0.29) is 34.8 Å². The van der Waals surface area contributed by atoms with Gasteiger partial charge in [-0.1, -0.05) is 12.5 Å². The molecule has 1 aromatic carbocycles. The van der Waals surface area contributed by atoms with Crippen LogP contribution in [0.4, 0.5) is 0 Å². The molecule has 1 N–H and O–H groups in total. The molecule has 1 amide bonds. The van der Waals surface area contributed by atoms with Gasteiger partial charge in [0.15, 0.2) is 0 Å². The van der Waals surface area contributed by atoms with Crippen molar-refractivity contribution in [1.29, 1.82) is 0 Å². The van der Waals surface area contributed by atoms with E-state index < -0.39 is 10.0 Å². The third kappa shape index (κ3) is 3.12. The fraction of sp³-hybridized carbons (Fsp3) is 0.556. The Morgan fingerprint density at radius 2 is 1.96 bits per heavy atom. The lowest BCUT2D eigenvalue weighted by atomic mass is 9.76. The van der Waals surface area contributed by atoms with E-state index in [1.807, 2.05) is 0 Å². The van der Waals surface area contributed by atoms with Crippen LogP contribution in [0.2, 0.25) is 0 Å². The van der Waals surface area contributed by atoms with Crippen molar-refractivity contribution >= 4 is 21.9 Å². The number of carbonyl (C=O) groups excluding carboxylic acids is 2. The molecule has 7 nitrogen and oxygen atoms in total. The maximum atomic E-state index is 12.8. The number of sulfonamides is 1. The number of ether oxygens (including phenoxy) is 1. The van der Waals surface area contributed by atoms with Gasteiger partial charge < -0.3 is 10.1 Å². The zero-order valence-electron chi connectivity index (χ0n) is 14.4. The molecule has 8 heteroatoms. The molecular formula is C18H22N2O5S. The Hall–Kier alpha value is -1.93. The number of esters is 1. The Morgan fingerprint density at radius 1 is 1.19 bits per heavy atom. The minimum Gasteiger partial charge on any atom is -0.462 e. The predicted molar refractivity (Wildman–Crippen MR) is 92.9 cm³/mol. The van der Waals surface area contributed by atoms with Gasteiger partial charge in [0.05, 0.1) is 11.3 Å². The molecule has 1 aliphatic carbocycles. The van der Waals surface area contributed by atoms with Crippen molar-refractivity contribution in [2.24, 2.45) is 5.92 Å². The van der Waals surface area contributed by atoms with Gasteiger partial charge in [0, 0.05) is 37.0 Å². The first-order valence-electron chi connectivity index (χ1n) is 9.06. The van der Waals surface area contributed by atoms with Gasteiger partial charge in [-0.05, 0) is 31.0 Å². The van der Waals surface area contributed by atoms with Crippen LogP contribution < -0.4 is 5.32 Å². The summed E-state index contributed by atoms with van der Waals surface area (Å²) in [4.78, 5) is 24.0. The van der Waals surface area contributed by atoms with Crippen molar-refractivity contribution in [3.63, 3.8) is 0 Å². The summed E-state index contributed by atoms with van der Waals surface area (Å²) in [5.41, 5.74) is 0.316. The molecular weight excluding hydrogens is 356 g/mol. The van der Waals surface area contributed by atoms with Crippen LogP contribution >= 0.6 is 0 Å². The molecule has 0 aromatic heterocycles. The van der Waals surface area contributed by atoms with Gasteiger partial charge in [-0.2, -0.15) is 4.31 Å². The lowest BCUT2D eigenvalue weighted by Gasteiger charge is -2.38. The SMILES string of the molecule is O=C1C[C@H]2[C@H](NC(=O)c3cccc(S(=O)(=O)N4CCCCC4)c3)C[C@H]2O1. The first-order valence-corrected chi connectivity index (χ1v) is 10.5. The van der Waals surface area contributed by atoms with Crippen molar-refractivity contribution in [3.05, 3.63) is 29.8 Å². The Balaban J connectivity index is 1.47. The number of hydrogen-bond donors (Lipinski definition) is 1. The molecule has 0 bridgehead atoms. The third-order valence-electron chi connectivity index (χ3n) is 5.53. The van der Waals surface area contributed by atoms with E-state index in [0.717, 1.165) is 19.3 Å². The monoisotopic (exact) mass is 378 g/mol. The summed E-state index contributed by atoms with van der Waals surface area (Å²) in [6, 6.07) is 6.07. The molecule has 4 rings (SSSR count). The molecule has 26 heavy (non-hydrogen) atoms. The van der Waals surface area contributed by atoms with Gasteiger partial charge in [0.1, 0.15) is 6.10 Å². The normalized spacial score (nSPS) is 28.8. The minimum absolute atomic E-state index is 0.0340. The van der Waals surface area contributed by atoms with Gasteiger partial charge in [-0.25, -0.2) is 8.42 Å². The molecule has 3 atom stereocenters. The van der Waals surface area contributed by atoms with Gasteiger partial charge >= 0.3 is 5.97 Å². The maximum absolute atomic E-state index is 12.8. The molecule has 2 saturated heterocycles. The largest absolute Gasteiger partial charge is 0.462 e. The second-order valence-corrected chi connectivity index (χ2v) is 9.14. The second-order valence-electron chi connectivity index (χ2n) is 7.20. The highest BCUT2D eigenvalue weighted by molar-refractivity contribution is 7.89. The van der Waals surface area contributed by atoms with Gasteiger partial charge in [-0.3, -0.25) is 9.59 Å². The van der Waals surface area contributed by atoms with Crippen LogP contribution in [-0.2, 0) is 19.6 Å². The van der Waals surface area contributed by atoms with Crippen LogP contribution in [-0.4, -0.2) is 49.8 Å². The standard InChI is InChI=1S/C18H22N2O5S/c21-17-10-14-15(11-16(14)25-17)19-18(22)12-5-4-6-13(9-12)26(23,24)20-7-2-1-3-8-20/h4-6,9,14-16H,1-3,7-8,10-11H2,(H,19,22)/t14-,15+,16+/m0/s1. The predicted octanol–water partition coefficient (Wildman–Crippen LogP) is 1.29. The van der Waals surface area contributed by atoms with Crippen LogP contribution in [0.25, 0.3) is 0 Å². The zero-order chi connectivity index (χ0) is 18.3. The van der Waals surface area contributed by atoms with E-state index in [1.54, 1.807) is 12.1 Å². The molecule has 0 unspecified atom stereocenters. The summed E-state index contributed by atoms with van der Waals surface area (Å²) >= 11 is 0. The number of nitrogens with zero attached hydrogens (tertiary/aromatic N) is 1. The van der Waals surface area contributed by atoms with Crippen molar-refractivity contribution in [2.45, 2.75) is 49.1 Å². The molecule has 3 fully saturated rings. The first kappa shape index (κ1) is 17.5. The number of rotatable bonds is 4. The fourth-order valence-corrected chi connectivity index (χ4v) is 5.52. The average molecular weight is 378 g/mol. The van der Waals surface area contributed by atoms with E-state index in [2.05, 4.69) is 5.32 Å². The fourth-order valence-electron chi connectivity index (χ4n) is 3.95. The number of carbonyl (C=O) groups is 2. The maximum Gasteiger partial charge on any atom is 0.306 e. The molecule has 1 saturated carbocycles. The third-order valence-corrected chi connectivity index (χ3v) is 7.43. The highest BCUT2D eigenvalue weighted by atomic mass is 32.2. The van der Waals surface area contributed by atoms with Gasteiger partial charge in [0.2, 0.25) is 10.0 Å². The van der Waals surface area contributed by atoms with Crippen LogP contribution in [0.5, 0.6) is 0 Å². The van der Waals surface area contributed by atoms with Crippen LogP contribution in [0.15, 0.2) is 29.2 Å². The summed E-state index contributed by atoms with van der Waals surface area (Å²) < 4.78 is 32.2. The molecule has 2 aliphatic heterocycles. The van der Waals surface area contributed by atoms with Crippen molar-refractivity contribution in [3.8, 4) is 0 Å². The molecule has 140 valence electrons. The van der Waals surface area contributed by atoms with Gasteiger partial charge in [0.25, 0.3) is 5.91 Å². The number of fused-ring (bicyclic) bond motifs is 1. The summed E-state index contributed by atoms with van der Waals surface area (Å²) in [6.07, 6.45) is 3.64. The quantitative estimate of drug-likeness (QED) is 0.797. The van der Waals surface area contributed by atoms with Gasteiger partial charge in [-0.15, -0.1) is 0 Å². The summed E-state index contributed by atoms with van der Waals surface area (Å²) in [6.45, 7) is 1.05. The number of amides is 1. The highest BCUT2D eigenvalue weighted by Gasteiger charge is 2.50. The Bertz CT molecular complexity index is 832. The number of benzene rings is 1. The van der Waals surface area contributed by atoms with E-state index in [1.165, 1.54) is 16.4 Å². The molecule has 3 aliphatic rings. The van der Waals surface area contributed by atoms with Crippen LogP contribution in [0, 0.1) is 5.92 Å². The molecule has 0 spiro atoms. The summed E-state index contributed by atoms with van der Waals surface area (Å²) in [7, 11) is -3.57. The average Bonchev–Trinajstić information content (AvgIpc) is 2.95. The van der Waals surface area contributed by atoms with Crippen molar-refractivity contribution in [2.75, 3.05) is 13.1 Å². The first-order chi connectivity index (χ1) is 12.4. The van der Waals surface area contributed by atoms with Crippen molar-refractivity contribution in [1.82, 2.24) is 9.62 Å². The van der Waals surface area contributed by atoms with Crippen LogP contribution in [0.3, 0.4) is 0 Å². The lowest BCUT2D eigenvalue weighted by Crippen LogP contribution is -2.53. The Labute approximate surface area is 152 Å². The molecule has 1 aromatic rings. The second kappa shape index (κ2) is 6.66. The van der Waals surface area contributed by atoms with E-state index >= 15 is 0 Å². The highest BCUT2D eigenvalue weighted by Crippen LogP contribution is 2.39. The summed E-state index contributed by atoms with van der Waals surface area (Å²) in [5, 5.41) is 2.90. The minimum atomic E-state index is -3.57. The number of piperidine rings is 1. The smallest absolute Gasteiger partial charge is 0.306 e. The molecule has 2 heterocycles. The lowest BCUT2D eigenvalue weighted by molar-refractivity contribution is -0.143. The van der Waals surface area contributed by atoms with E-state index in [0.29, 0.717) is 31.5 Å². The van der Waals surface area contributed by atoms with Crippen molar-refractivity contribution < 1.29 is 22.7 Å². The zero-order valence-corrected chi connectivity index (χ0v) is 15.2.